The molecule has 1 amide bonds. The summed E-state index contributed by atoms with van der Waals surface area (Å²) in [4.78, 5) is 40.1. The lowest BCUT2D eigenvalue weighted by molar-refractivity contribution is -0.125. The van der Waals surface area contributed by atoms with Crippen LogP contribution in [0.15, 0.2) is 72.3 Å². The number of fused-ring (bicyclic) bond motifs is 1. The Morgan fingerprint density at radius 2 is 1.89 bits per heavy atom. The smallest absolute Gasteiger partial charge is 0.245 e. The van der Waals surface area contributed by atoms with Gasteiger partial charge in [0.05, 0.1) is 12.8 Å². The Bertz CT molecular complexity index is 1060. The molecular weight excluding hydrogens is 352 g/mol. The van der Waals surface area contributed by atoms with Crippen LogP contribution in [0.1, 0.15) is 19.4 Å². The van der Waals surface area contributed by atoms with Crippen molar-refractivity contribution < 1.29 is 9.59 Å². The van der Waals surface area contributed by atoms with Crippen LogP contribution in [0.5, 0.6) is 0 Å². The molecule has 2 aromatic rings. The summed E-state index contributed by atoms with van der Waals surface area (Å²) in [6, 6.07) is 9.29. The number of hydrogen-bond acceptors (Lipinski definition) is 4. The van der Waals surface area contributed by atoms with Crippen LogP contribution in [-0.4, -0.2) is 28.2 Å². The van der Waals surface area contributed by atoms with Crippen molar-refractivity contribution >= 4 is 17.5 Å². The molecule has 1 aliphatic carbocycles. The lowest BCUT2D eigenvalue weighted by atomic mass is 9.57. The largest absolute Gasteiger partial charge is 0.307 e. The first-order valence-electron chi connectivity index (χ1n) is 8.92. The van der Waals surface area contributed by atoms with E-state index in [9.17, 15) is 9.59 Å². The zero-order chi connectivity index (χ0) is 19.9. The fourth-order valence-electron chi connectivity index (χ4n) is 4.13. The van der Waals surface area contributed by atoms with E-state index >= 15 is 0 Å². The van der Waals surface area contributed by atoms with Gasteiger partial charge in [0.25, 0.3) is 0 Å². The lowest BCUT2D eigenvalue weighted by Crippen LogP contribution is -2.57. The van der Waals surface area contributed by atoms with E-state index in [4.69, 9.17) is 6.57 Å². The number of allylic oxidation sites excluding steroid dienone is 1. The number of Topliss-reactive ketones (excluding diaryl/α,β-unsaturated/α-hetero) is 1. The molecule has 0 radical (unpaired) electrons. The van der Waals surface area contributed by atoms with E-state index in [1.807, 2.05) is 36.4 Å². The van der Waals surface area contributed by atoms with Gasteiger partial charge in [0.15, 0.2) is 11.6 Å². The van der Waals surface area contributed by atoms with E-state index in [2.05, 4.69) is 14.8 Å². The molecule has 0 N–H and O–H groups in total. The highest BCUT2D eigenvalue weighted by molar-refractivity contribution is 6.14. The third kappa shape index (κ3) is 2.33. The molecule has 0 spiro atoms. The van der Waals surface area contributed by atoms with Crippen LogP contribution < -0.4 is 4.90 Å². The maximum atomic E-state index is 13.9. The summed E-state index contributed by atoms with van der Waals surface area (Å²) in [5.74, 6) is -0.0648. The molecule has 0 fully saturated rings. The molecule has 1 aromatic carbocycles. The summed E-state index contributed by atoms with van der Waals surface area (Å²) in [6.45, 7) is 11.4. The van der Waals surface area contributed by atoms with E-state index in [0.29, 0.717) is 17.9 Å². The number of benzene rings is 1. The zero-order valence-electron chi connectivity index (χ0n) is 15.6. The fraction of sp³-hybridized carbons (Fsp3) is 0.227. The van der Waals surface area contributed by atoms with Crippen LogP contribution in [0.2, 0.25) is 0 Å². The summed E-state index contributed by atoms with van der Waals surface area (Å²) >= 11 is 0. The molecule has 138 valence electrons. The van der Waals surface area contributed by atoms with Crippen LogP contribution in [0.3, 0.4) is 0 Å². The van der Waals surface area contributed by atoms with E-state index in [1.54, 1.807) is 24.9 Å². The minimum absolute atomic E-state index is 0.0136. The number of aromatic nitrogens is 2. The number of carbonyl (C=O) groups excluding carboxylic acids is 2. The average molecular weight is 370 g/mol. The Morgan fingerprint density at radius 3 is 2.54 bits per heavy atom. The molecule has 1 aromatic heterocycles. The molecule has 6 heteroatoms. The van der Waals surface area contributed by atoms with Crippen LogP contribution in [0, 0.1) is 12.0 Å². The van der Waals surface area contributed by atoms with Crippen molar-refractivity contribution in [2.75, 3.05) is 11.4 Å². The second kappa shape index (κ2) is 6.24. The molecule has 28 heavy (non-hydrogen) atoms. The summed E-state index contributed by atoms with van der Waals surface area (Å²) in [7, 11) is 0. The summed E-state index contributed by atoms with van der Waals surface area (Å²) in [5.41, 5.74) is -0.779. The van der Waals surface area contributed by atoms with Gasteiger partial charge in [-0.1, -0.05) is 56.3 Å². The predicted molar refractivity (Wildman–Crippen MR) is 104 cm³/mol. The standard InChI is InChI=1S/C22H18N4O2/c1-21(2)17-9-12-26(18-14-24-10-11-25-18)20(28)22(17,13-16(23-3)19(21)27)15-7-5-4-6-8-15/h4-11,13-14H,12H2,1-2H3/t22-/m0/s1. The monoisotopic (exact) mass is 370 g/mol. The highest BCUT2D eigenvalue weighted by Gasteiger charge is 2.57. The van der Waals surface area contributed by atoms with Gasteiger partial charge in [0.1, 0.15) is 5.41 Å². The van der Waals surface area contributed by atoms with Crippen molar-refractivity contribution in [3.05, 3.63) is 89.3 Å². The van der Waals surface area contributed by atoms with Gasteiger partial charge in [0, 0.05) is 24.4 Å². The van der Waals surface area contributed by atoms with Gasteiger partial charge in [-0.3, -0.25) is 14.7 Å². The van der Waals surface area contributed by atoms with Gasteiger partial charge in [0.2, 0.25) is 11.6 Å². The topological polar surface area (TPSA) is 67.5 Å². The normalized spacial score (nSPS) is 23.4. The quantitative estimate of drug-likeness (QED) is 0.602. The van der Waals surface area contributed by atoms with Crippen LogP contribution >= 0.6 is 0 Å². The first kappa shape index (κ1) is 17.8. The van der Waals surface area contributed by atoms with Crippen molar-refractivity contribution in [1.82, 2.24) is 9.97 Å². The number of hydrogen-bond donors (Lipinski definition) is 0. The molecule has 2 heterocycles. The van der Waals surface area contributed by atoms with Crippen molar-refractivity contribution in [3.8, 4) is 0 Å². The molecule has 1 aliphatic heterocycles. The summed E-state index contributed by atoms with van der Waals surface area (Å²) in [5, 5.41) is 0. The number of ketones is 1. The number of rotatable bonds is 2. The molecular formula is C22H18N4O2. The Morgan fingerprint density at radius 1 is 1.14 bits per heavy atom. The SMILES string of the molecule is [C-]#[N+]C1=C[C@@]2(c3ccccc3)C(=O)N(c3cnccn3)CC=C2C(C)(C)C1=O. The highest BCUT2D eigenvalue weighted by atomic mass is 16.2. The van der Waals surface area contributed by atoms with Gasteiger partial charge in [-0.05, 0) is 11.1 Å². The Balaban J connectivity index is 2.03. The van der Waals surface area contributed by atoms with Crippen molar-refractivity contribution in [2.24, 2.45) is 5.41 Å². The van der Waals surface area contributed by atoms with Crippen LogP contribution in [0.4, 0.5) is 5.82 Å². The predicted octanol–water partition coefficient (Wildman–Crippen LogP) is 3.10. The average Bonchev–Trinajstić information content (AvgIpc) is 2.73. The molecule has 0 saturated heterocycles. The second-order valence-corrected chi connectivity index (χ2v) is 7.37. The lowest BCUT2D eigenvalue weighted by Gasteiger charge is -2.48. The number of anilines is 1. The molecule has 1 atom stereocenters. The molecule has 0 bridgehead atoms. The number of amides is 1. The third-order valence-electron chi connectivity index (χ3n) is 5.49. The molecule has 0 saturated carbocycles. The first-order valence-corrected chi connectivity index (χ1v) is 8.92. The van der Waals surface area contributed by atoms with Crippen LogP contribution in [-0.2, 0) is 15.0 Å². The number of nitrogens with zero attached hydrogens (tertiary/aromatic N) is 4. The van der Waals surface area contributed by atoms with Gasteiger partial charge in [-0.25, -0.2) is 9.83 Å². The van der Waals surface area contributed by atoms with Gasteiger partial charge in [-0.15, -0.1) is 0 Å². The minimum Gasteiger partial charge on any atom is -0.307 e. The van der Waals surface area contributed by atoms with Crippen molar-refractivity contribution in [2.45, 2.75) is 19.3 Å². The van der Waals surface area contributed by atoms with Gasteiger partial charge in [-0.2, -0.15) is 0 Å². The Kier molecular flexibility index (Phi) is 3.97. The van der Waals surface area contributed by atoms with Crippen LogP contribution in [0.25, 0.3) is 4.85 Å². The molecule has 6 nitrogen and oxygen atoms in total. The second-order valence-electron chi connectivity index (χ2n) is 7.37. The maximum absolute atomic E-state index is 13.9. The summed E-state index contributed by atoms with van der Waals surface area (Å²) in [6.07, 6.45) is 8.06. The van der Waals surface area contributed by atoms with E-state index in [-0.39, 0.29) is 17.4 Å². The number of carbonyl (C=O) groups is 2. The fourth-order valence-corrected chi connectivity index (χ4v) is 4.13. The Hall–Kier alpha value is -3.59. The Labute approximate surface area is 163 Å². The minimum atomic E-state index is -1.23. The van der Waals surface area contributed by atoms with E-state index in [0.717, 1.165) is 5.56 Å². The molecule has 0 unspecified atom stereocenters. The van der Waals surface area contributed by atoms with E-state index in [1.165, 1.54) is 18.5 Å². The van der Waals surface area contributed by atoms with Crippen molar-refractivity contribution in [1.29, 1.82) is 0 Å². The van der Waals surface area contributed by atoms with Crippen molar-refractivity contribution in [3.63, 3.8) is 0 Å². The highest BCUT2D eigenvalue weighted by Crippen LogP contribution is 2.52. The summed E-state index contributed by atoms with van der Waals surface area (Å²) < 4.78 is 0. The molecule has 4 rings (SSSR count). The van der Waals surface area contributed by atoms with Gasteiger partial charge < -0.3 is 4.79 Å². The van der Waals surface area contributed by atoms with E-state index < -0.39 is 10.8 Å². The third-order valence-corrected chi connectivity index (χ3v) is 5.49. The van der Waals surface area contributed by atoms with Gasteiger partial charge >= 0.3 is 0 Å². The molecule has 2 aliphatic rings. The zero-order valence-corrected chi connectivity index (χ0v) is 15.6. The first-order chi connectivity index (χ1) is 13.4. The maximum Gasteiger partial charge on any atom is 0.245 e.